The molecule has 0 aromatic carbocycles. The largest absolute Gasteiger partial charge is 0.388 e. The summed E-state index contributed by atoms with van der Waals surface area (Å²) in [6.45, 7) is 8.80. The Kier molecular flexibility index (Phi) is 6.53. The van der Waals surface area contributed by atoms with Gasteiger partial charge in [-0.3, -0.25) is 0 Å². The van der Waals surface area contributed by atoms with Crippen LogP contribution >= 0.6 is 0 Å². The SMILES string of the molecule is C=C(CCOC)CCC1CCCCC(=C)[C@H]1O. The maximum Gasteiger partial charge on any atom is 0.0775 e. The smallest absolute Gasteiger partial charge is 0.0775 e. The van der Waals surface area contributed by atoms with Gasteiger partial charge in [-0.15, -0.1) is 0 Å². The molecule has 2 nitrogen and oxygen atoms in total. The summed E-state index contributed by atoms with van der Waals surface area (Å²) in [5.41, 5.74) is 2.25. The topological polar surface area (TPSA) is 29.5 Å². The Morgan fingerprint density at radius 3 is 2.88 bits per heavy atom. The van der Waals surface area contributed by atoms with Crippen molar-refractivity contribution in [1.82, 2.24) is 0 Å². The van der Waals surface area contributed by atoms with Crippen molar-refractivity contribution >= 4 is 0 Å². The molecule has 98 valence electrons. The van der Waals surface area contributed by atoms with Gasteiger partial charge in [0.05, 0.1) is 6.10 Å². The minimum Gasteiger partial charge on any atom is -0.388 e. The second-order valence-electron chi connectivity index (χ2n) is 5.14. The van der Waals surface area contributed by atoms with E-state index in [9.17, 15) is 5.11 Å². The highest BCUT2D eigenvalue weighted by atomic mass is 16.5. The molecule has 2 heteroatoms. The molecule has 0 spiro atoms. The van der Waals surface area contributed by atoms with Crippen LogP contribution in [-0.2, 0) is 4.74 Å². The molecule has 1 saturated carbocycles. The predicted molar refractivity (Wildman–Crippen MR) is 72.0 cm³/mol. The monoisotopic (exact) mass is 238 g/mol. The van der Waals surface area contributed by atoms with E-state index in [0.717, 1.165) is 44.3 Å². The van der Waals surface area contributed by atoms with E-state index in [-0.39, 0.29) is 6.10 Å². The number of aliphatic hydroxyl groups excluding tert-OH is 1. The molecule has 2 atom stereocenters. The highest BCUT2D eigenvalue weighted by molar-refractivity contribution is 5.06. The van der Waals surface area contributed by atoms with Crippen molar-refractivity contribution in [2.75, 3.05) is 13.7 Å². The molecule has 0 amide bonds. The number of rotatable bonds is 6. The average Bonchev–Trinajstić information content (AvgIpc) is 2.48. The van der Waals surface area contributed by atoms with E-state index in [1.165, 1.54) is 18.4 Å². The van der Waals surface area contributed by atoms with Gasteiger partial charge in [0.15, 0.2) is 0 Å². The van der Waals surface area contributed by atoms with Crippen molar-refractivity contribution < 1.29 is 9.84 Å². The molecule has 0 heterocycles. The van der Waals surface area contributed by atoms with E-state index < -0.39 is 0 Å². The number of hydrogen-bond acceptors (Lipinski definition) is 2. The Morgan fingerprint density at radius 2 is 2.18 bits per heavy atom. The molecule has 1 aliphatic rings. The lowest BCUT2D eigenvalue weighted by Gasteiger charge is -2.22. The minimum absolute atomic E-state index is 0.298. The first-order valence-electron chi connectivity index (χ1n) is 6.66. The zero-order chi connectivity index (χ0) is 12.7. The average molecular weight is 238 g/mol. The van der Waals surface area contributed by atoms with E-state index in [4.69, 9.17) is 4.74 Å². The summed E-state index contributed by atoms with van der Waals surface area (Å²) in [6, 6.07) is 0. The van der Waals surface area contributed by atoms with Crippen LogP contribution in [0.1, 0.15) is 44.9 Å². The summed E-state index contributed by atoms with van der Waals surface area (Å²) in [7, 11) is 1.71. The van der Waals surface area contributed by atoms with Gasteiger partial charge in [-0.25, -0.2) is 0 Å². The lowest BCUT2D eigenvalue weighted by Crippen LogP contribution is -2.20. The minimum atomic E-state index is -0.298. The first-order valence-corrected chi connectivity index (χ1v) is 6.66. The van der Waals surface area contributed by atoms with Gasteiger partial charge >= 0.3 is 0 Å². The number of methoxy groups -OCH3 is 1. The normalized spacial score (nSPS) is 25.6. The lowest BCUT2D eigenvalue weighted by molar-refractivity contribution is 0.132. The third-order valence-electron chi connectivity index (χ3n) is 3.72. The van der Waals surface area contributed by atoms with Crippen LogP contribution in [0.25, 0.3) is 0 Å². The first kappa shape index (κ1) is 14.5. The summed E-state index contributed by atoms with van der Waals surface area (Å²) >= 11 is 0. The molecule has 1 rings (SSSR count). The second-order valence-corrected chi connectivity index (χ2v) is 5.14. The van der Waals surface area contributed by atoms with Crippen molar-refractivity contribution in [2.24, 2.45) is 5.92 Å². The Labute approximate surface area is 105 Å². The van der Waals surface area contributed by atoms with Crippen LogP contribution < -0.4 is 0 Å². The van der Waals surface area contributed by atoms with Gasteiger partial charge in [0, 0.05) is 13.7 Å². The molecule has 1 aliphatic carbocycles. The van der Waals surface area contributed by atoms with Crippen LogP contribution in [0.15, 0.2) is 24.3 Å². The molecule has 0 saturated heterocycles. The van der Waals surface area contributed by atoms with E-state index in [2.05, 4.69) is 13.2 Å². The van der Waals surface area contributed by atoms with Crippen LogP contribution in [0.3, 0.4) is 0 Å². The highest BCUT2D eigenvalue weighted by Crippen LogP contribution is 2.30. The summed E-state index contributed by atoms with van der Waals surface area (Å²) in [6.07, 6.45) is 7.16. The quantitative estimate of drug-likeness (QED) is 0.567. The van der Waals surface area contributed by atoms with Crippen molar-refractivity contribution in [3.63, 3.8) is 0 Å². The van der Waals surface area contributed by atoms with Gasteiger partial charge in [0.2, 0.25) is 0 Å². The van der Waals surface area contributed by atoms with Crippen LogP contribution in [0.5, 0.6) is 0 Å². The number of aliphatic hydroxyl groups is 1. The summed E-state index contributed by atoms with van der Waals surface area (Å²) in [5, 5.41) is 10.2. The van der Waals surface area contributed by atoms with Crippen LogP contribution in [0, 0.1) is 5.92 Å². The van der Waals surface area contributed by atoms with Gasteiger partial charge in [-0.1, -0.05) is 25.2 Å². The van der Waals surface area contributed by atoms with Crippen molar-refractivity contribution in [3.8, 4) is 0 Å². The van der Waals surface area contributed by atoms with E-state index in [0.29, 0.717) is 5.92 Å². The van der Waals surface area contributed by atoms with Crippen LogP contribution in [0.4, 0.5) is 0 Å². The molecule has 0 aliphatic heterocycles. The van der Waals surface area contributed by atoms with E-state index in [1.54, 1.807) is 7.11 Å². The summed E-state index contributed by atoms with van der Waals surface area (Å²) < 4.78 is 5.04. The van der Waals surface area contributed by atoms with Crippen molar-refractivity contribution in [3.05, 3.63) is 24.3 Å². The molecular weight excluding hydrogens is 212 g/mol. The van der Waals surface area contributed by atoms with Crippen LogP contribution in [0.2, 0.25) is 0 Å². The molecule has 0 bridgehead atoms. The number of ether oxygens (including phenoxy) is 1. The predicted octanol–water partition coefficient (Wildman–Crippen LogP) is 3.47. The van der Waals surface area contributed by atoms with E-state index >= 15 is 0 Å². The third kappa shape index (κ3) is 5.05. The van der Waals surface area contributed by atoms with Gasteiger partial charge < -0.3 is 9.84 Å². The maximum absolute atomic E-state index is 10.2. The van der Waals surface area contributed by atoms with Crippen molar-refractivity contribution in [2.45, 2.75) is 51.0 Å². The Bertz CT molecular complexity index is 258. The molecule has 1 fully saturated rings. The standard InChI is InChI=1S/C15H26O2/c1-12(10-11-17-3)8-9-14-7-5-4-6-13(2)15(14)16/h14-16H,1-2,4-11H2,3H3/t14?,15-/m1/s1. The van der Waals surface area contributed by atoms with Crippen LogP contribution in [-0.4, -0.2) is 24.9 Å². The van der Waals surface area contributed by atoms with E-state index in [1.807, 2.05) is 0 Å². The van der Waals surface area contributed by atoms with Gasteiger partial charge in [0.25, 0.3) is 0 Å². The molecular formula is C15H26O2. The number of hydrogen-bond donors (Lipinski definition) is 1. The summed E-state index contributed by atoms with van der Waals surface area (Å²) in [5.74, 6) is 0.379. The van der Waals surface area contributed by atoms with Gasteiger partial charge in [-0.2, -0.15) is 0 Å². The second kappa shape index (κ2) is 7.67. The van der Waals surface area contributed by atoms with Gasteiger partial charge in [-0.05, 0) is 50.0 Å². The third-order valence-corrected chi connectivity index (χ3v) is 3.72. The fourth-order valence-electron chi connectivity index (χ4n) is 2.46. The highest BCUT2D eigenvalue weighted by Gasteiger charge is 2.23. The molecule has 0 radical (unpaired) electrons. The maximum atomic E-state index is 10.2. The van der Waals surface area contributed by atoms with Crippen molar-refractivity contribution in [1.29, 1.82) is 0 Å². The zero-order valence-electron chi connectivity index (χ0n) is 11.1. The Balaban J connectivity index is 2.33. The Morgan fingerprint density at radius 1 is 1.41 bits per heavy atom. The molecule has 17 heavy (non-hydrogen) atoms. The molecule has 0 aromatic rings. The molecule has 0 aromatic heterocycles. The summed E-state index contributed by atoms with van der Waals surface area (Å²) in [4.78, 5) is 0. The first-order chi connectivity index (χ1) is 8.15. The Hall–Kier alpha value is -0.600. The molecule has 1 N–H and O–H groups in total. The molecule has 1 unspecified atom stereocenters. The zero-order valence-corrected chi connectivity index (χ0v) is 11.1. The fourth-order valence-corrected chi connectivity index (χ4v) is 2.46. The van der Waals surface area contributed by atoms with Gasteiger partial charge in [0.1, 0.15) is 0 Å². The fraction of sp³-hybridized carbons (Fsp3) is 0.733. The lowest BCUT2D eigenvalue weighted by atomic mass is 9.89.